The summed E-state index contributed by atoms with van der Waals surface area (Å²) in [5.41, 5.74) is 0.947. The van der Waals surface area contributed by atoms with Crippen LogP contribution in [-0.4, -0.2) is 48.8 Å². The molecule has 2 saturated heterocycles. The Morgan fingerprint density at radius 1 is 1.16 bits per heavy atom. The molecule has 6 heteroatoms. The number of benzene rings is 1. The Kier molecular flexibility index (Phi) is 5.48. The summed E-state index contributed by atoms with van der Waals surface area (Å²) >= 11 is 0. The van der Waals surface area contributed by atoms with E-state index in [0.717, 1.165) is 25.6 Å². The van der Waals surface area contributed by atoms with Gasteiger partial charge in [-0.05, 0) is 50.0 Å². The molecule has 3 amide bonds. The number of hydrogen-bond acceptors (Lipinski definition) is 4. The molecule has 1 aromatic carbocycles. The van der Waals surface area contributed by atoms with Crippen molar-refractivity contribution in [2.45, 2.75) is 32.6 Å². The molecular weight excluding hydrogens is 318 g/mol. The van der Waals surface area contributed by atoms with Crippen LogP contribution in [0.4, 0.5) is 5.69 Å². The van der Waals surface area contributed by atoms with Gasteiger partial charge >= 0.3 is 0 Å². The lowest BCUT2D eigenvalue weighted by Gasteiger charge is -2.30. The molecule has 0 bridgehead atoms. The van der Waals surface area contributed by atoms with Crippen LogP contribution in [0.25, 0.3) is 0 Å². The third-order valence-electron chi connectivity index (χ3n) is 5.01. The first kappa shape index (κ1) is 17.6. The highest BCUT2D eigenvalue weighted by atomic mass is 16.2. The lowest BCUT2D eigenvalue weighted by Crippen LogP contribution is -2.39. The van der Waals surface area contributed by atoms with E-state index in [0.29, 0.717) is 17.8 Å². The molecule has 0 atom stereocenters. The lowest BCUT2D eigenvalue weighted by molar-refractivity contribution is -0.121. The summed E-state index contributed by atoms with van der Waals surface area (Å²) in [4.78, 5) is 39.6. The summed E-state index contributed by atoms with van der Waals surface area (Å²) in [6, 6.07) is 6.70. The first-order valence-corrected chi connectivity index (χ1v) is 9.01. The van der Waals surface area contributed by atoms with Gasteiger partial charge in [0.15, 0.2) is 0 Å². The Morgan fingerprint density at radius 3 is 2.52 bits per heavy atom. The monoisotopic (exact) mass is 343 g/mol. The van der Waals surface area contributed by atoms with Crippen LogP contribution in [0.2, 0.25) is 0 Å². The number of carbonyl (C=O) groups excluding carboxylic acids is 3. The molecule has 134 valence electrons. The SMILES string of the molecule is CC1CCN(CCNC(=O)c2cccc(N3C(=O)CCC3=O)c2)CC1. The predicted octanol–water partition coefficient (Wildman–Crippen LogP) is 1.80. The first-order valence-electron chi connectivity index (χ1n) is 9.01. The van der Waals surface area contributed by atoms with Crippen LogP contribution in [0.5, 0.6) is 0 Å². The van der Waals surface area contributed by atoms with Gasteiger partial charge in [0.25, 0.3) is 5.91 Å². The molecular formula is C19H25N3O3. The highest BCUT2D eigenvalue weighted by molar-refractivity contribution is 6.20. The van der Waals surface area contributed by atoms with Crippen LogP contribution < -0.4 is 10.2 Å². The van der Waals surface area contributed by atoms with Gasteiger partial charge in [-0.2, -0.15) is 0 Å². The van der Waals surface area contributed by atoms with Crippen molar-refractivity contribution in [1.82, 2.24) is 10.2 Å². The first-order chi connectivity index (χ1) is 12.0. The van der Waals surface area contributed by atoms with Crippen LogP contribution in [0.3, 0.4) is 0 Å². The zero-order chi connectivity index (χ0) is 17.8. The highest BCUT2D eigenvalue weighted by Crippen LogP contribution is 2.23. The summed E-state index contributed by atoms with van der Waals surface area (Å²) in [6.45, 7) is 5.90. The zero-order valence-electron chi connectivity index (χ0n) is 14.7. The molecule has 0 radical (unpaired) electrons. The second kappa shape index (κ2) is 7.78. The molecule has 2 aliphatic heterocycles. The van der Waals surface area contributed by atoms with Crippen molar-refractivity contribution in [3.63, 3.8) is 0 Å². The second-order valence-corrected chi connectivity index (χ2v) is 6.95. The molecule has 0 saturated carbocycles. The van der Waals surface area contributed by atoms with E-state index >= 15 is 0 Å². The second-order valence-electron chi connectivity index (χ2n) is 6.95. The van der Waals surface area contributed by atoms with Crippen LogP contribution in [0.1, 0.15) is 43.0 Å². The molecule has 1 N–H and O–H groups in total. The molecule has 1 aromatic rings. The number of imide groups is 1. The Bertz CT molecular complexity index is 650. The molecule has 2 aliphatic rings. The number of piperidine rings is 1. The van der Waals surface area contributed by atoms with Gasteiger partial charge in [-0.25, -0.2) is 0 Å². The van der Waals surface area contributed by atoms with Crippen molar-refractivity contribution in [3.05, 3.63) is 29.8 Å². The third kappa shape index (κ3) is 4.25. The van der Waals surface area contributed by atoms with Crippen molar-refractivity contribution >= 4 is 23.4 Å². The van der Waals surface area contributed by atoms with E-state index in [-0.39, 0.29) is 30.6 Å². The summed E-state index contributed by atoms with van der Waals surface area (Å²) in [6.07, 6.45) is 2.91. The Morgan fingerprint density at radius 2 is 1.84 bits per heavy atom. The fraction of sp³-hybridized carbons (Fsp3) is 0.526. The maximum absolute atomic E-state index is 12.4. The molecule has 2 heterocycles. The van der Waals surface area contributed by atoms with E-state index < -0.39 is 0 Å². The van der Waals surface area contributed by atoms with E-state index in [2.05, 4.69) is 17.1 Å². The van der Waals surface area contributed by atoms with Gasteiger partial charge < -0.3 is 10.2 Å². The molecule has 0 spiro atoms. The lowest BCUT2D eigenvalue weighted by atomic mass is 9.99. The van der Waals surface area contributed by atoms with Crippen molar-refractivity contribution in [2.75, 3.05) is 31.1 Å². The summed E-state index contributed by atoms with van der Waals surface area (Å²) in [5.74, 6) is 0.208. The van der Waals surface area contributed by atoms with Gasteiger partial charge in [0.2, 0.25) is 11.8 Å². The van der Waals surface area contributed by atoms with Crippen LogP contribution in [-0.2, 0) is 9.59 Å². The molecule has 6 nitrogen and oxygen atoms in total. The average Bonchev–Trinajstić information content (AvgIpc) is 2.95. The quantitative estimate of drug-likeness (QED) is 0.828. The molecule has 2 fully saturated rings. The van der Waals surface area contributed by atoms with Crippen molar-refractivity contribution in [3.8, 4) is 0 Å². The predicted molar refractivity (Wildman–Crippen MR) is 95.3 cm³/mol. The van der Waals surface area contributed by atoms with Crippen molar-refractivity contribution in [1.29, 1.82) is 0 Å². The minimum absolute atomic E-state index is 0.175. The number of nitrogens with zero attached hydrogens (tertiary/aromatic N) is 2. The van der Waals surface area contributed by atoms with Crippen molar-refractivity contribution < 1.29 is 14.4 Å². The van der Waals surface area contributed by atoms with E-state index in [1.165, 1.54) is 17.7 Å². The van der Waals surface area contributed by atoms with Gasteiger partial charge in [-0.3, -0.25) is 19.3 Å². The summed E-state index contributed by atoms with van der Waals surface area (Å²) < 4.78 is 0. The Balaban J connectivity index is 1.55. The third-order valence-corrected chi connectivity index (χ3v) is 5.01. The number of hydrogen-bond donors (Lipinski definition) is 1. The largest absolute Gasteiger partial charge is 0.351 e. The van der Waals surface area contributed by atoms with E-state index in [1.807, 2.05) is 0 Å². The van der Waals surface area contributed by atoms with E-state index in [4.69, 9.17) is 0 Å². The number of likely N-dealkylation sites (tertiary alicyclic amines) is 1. The molecule has 0 aliphatic carbocycles. The molecule has 0 unspecified atom stereocenters. The fourth-order valence-corrected chi connectivity index (χ4v) is 3.37. The van der Waals surface area contributed by atoms with Crippen molar-refractivity contribution in [2.24, 2.45) is 5.92 Å². The van der Waals surface area contributed by atoms with E-state index in [9.17, 15) is 14.4 Å². The van der Waals surface area contributed by atoms with Gasteiger partial charge in [0.1, 0.15) is 0 Å². The van der Waals surface area contributed by atoms with Crippen LogP contribution in [0, 0.1) is 5.92 Å². The number of amides is 3. The Labute approximate surface area is 148 Å². The topological polar surface area (TPSA) is 69.7 Å². The number of carbonyl (C=O) groups is 3. The number of rotatable bonds is 5. The average molecular weight is 343 g/mol. The molecule has 25 heavy (non-hydrogen) atoms. The minimum Gasteiger partial charge on any atom is -0.351 e. The van der Waals surface area contributed by atoms with E-state index in [1.54, 1.807) is 24.3 Å². The fourth-order valence-electron chi connectivity index (χ4n) is 3.37. The number of nitrogens with one attached hydrogen (secondary N) is 1. The summed E-state index contributed by atoms with van der Waals surface area (Å²) in [5, 5.41) is 2.93. The van der Waals surface area contributed by atoms with Crippen LogP contribution in [0.15, 0.2) is 24.3 Å². The minimum atomic E-state index is -0.207. The van der Waals surface area contributed by atoms with Gasteiger partial charge in [-0.1, -0.05) is 13.0 Å². The van der Waals surface area contributed by atoms with Gasteiger partial charge in [-0.15, -0.1) is 0 Å². The highest BCUT2D eigenvalue weighted by Gasteiger charge is 2.30. The molecule has 0 aromatic heterocycles. The summed E-state index contributed by atoms with van der Waals surface area (Å²) in [7, 11) is 0. The van der Waals surface area contributed by atoms with Crippen LogP contribution >= 0.6 is 0 Å². The Hall–Kier alpha value is -2.21. The number of anilines is 1. The maximum atomic E-state index is 12.4. The molecule has 3 rings (SSSR count). The maximum Gasteiger partial charge on any atom is 0.251 e. The normalized spacial score (nSPS) is 19.5. The van der Waals surface area contributed by atoms with Gasteiger partial charge in [0, 0.05) is 31.5 Å². The standard InChI is InChI=1S/C19H25N3O3/c1-14-7-10-21(11-8-14)12-9-20-19(25)15-3-2-4-16(13-15)22-17(23)5-6-18(22)24/h2-4,13-14H,5-12H2,1H3,(H,20,25). The zero-order valence-corrected chi connectivity index (χ0v) is 14.7. The van der Waals surface area contributed by atoms with Gasteiger partial charge in [0.05, 0.1) is 5.69 Å². The smallest absolute Gasteiger partial charge is 0.251 e.